The Morgan fingerprint density at radius 3 is 2.24 bits per heavy atom. The van der Waals surface area contributed by atoms with Gasteiger partial charge in [-0.2, -0.15) is 0 Å². The van der Waals surface area contributed by atoms with Crippen LogP contribution in [0.15, 0.2) is 18.2 Å². The summed E-state index contributed by atoms with van der Waals surface area (Å²) in [5.74, 6) is 0. The van der Waals surface area contributed by atoms with E-state index in [9.17, 15) is 0 Å². The van der Waals surface area contributed by atoms with Crippen molar-refractivity contribution in [2.24, 2.45) is 0 Å². The Morgan fingerprint density at radius 1 is 1.12 bits per heavy atom. The summed E-state index contributed by atoms with van der Waals surface area (Å²) in [6.07, 6.45) is 0. The summed E-state index contributed by atoms with van der Waals surface area (Å²) in [6.45, 7) is 5.59. The first-order valence-corrected chi connectivity index (χ1v) is 5.69. The van der Waals surface area contributed by atoms with Gasteiger partial charge in [0.15, 0.2) is 0 Å². The van der Waals surface area contributed by atoms with Gasteiger partial charge in [0.05, 0.1) is 11.2 Å². The molecule has 0 atom stereocenters. The molecule has 1 fully saturated rings. The van der Waals surface area contributed by atoms with Crippen LogP contribution in [0, 0.1) is 6.85 Å². The molecule has 1 aliphatic rings. The van der Waals surface area contributed by atoms with Gasteiger partial charge in [0.2, 0.25) is 0 Å². The van der Waals surface area contributed by atoms with Crippen LogP contribution in [0.2, 0.25) is 0 Å². The van der Waals surface area contributed by atoms with Gasteiger partial charge in [-0.15, -0.1) is 0 Å². The molecule has 1 aromatic rings. The summed E-state index contributed by atoms with van der Waals surface area (Å²) < 4.78 is 34.3. The number of rotatable bonds is 1. The highest BCUT2D eigenvalue weighted by Crippen LogP contribution is 2.36. The Bertz CT molecular complexity index is 513. The average Bonchev–Trinajstić information content (AvgIpc) is 2.46. The van der Waals surface area contributed by atoms with Crippen LogP contribution in [0.5, 0.6) is 0 Å². The second kappa shape index (κ2) is 3.75. The maximum atomic E-state index is 7.49. The van der Waals surface area contributed by atoms with E-state index in [0.29, 0.717) is 11.2 Å². The van der Waals surface area contributed by atoms with E-state index in [4.69, 9.17) is 19.2 Å². The van der Waals surface area contributed by atoms with E-state index in [-0.39, 0.29) is 5.56 Å². The number of hydrogen-bond acceptors (Lipinski definition) is 3. The van der Waals surface area contributed by atoms with Gasteiger partial charge in [0.1, 0.15) is 0 Å². The first kappa shape index (κ1) is 9.00. The van der Waals surface area contributed by atoms with Gasteiger partial charge in [-0.3, -0.25) is 0 Å². The van der Waals surface area contributed by atoms with Crippen LogP contribution >= 0.6 is 0 Å². The van der Waals surface area contributed by atoms with Crippen molar-refractivity contribution in [2.75, 3.05) is 5.73 Å². The fraction of sp³-hybridized carbons (Fsp3) is 0.538. The molecule has 4 heteroatoms. The van der Waals surface area contributed by atoms with Gasteiger partial charge in [-0.05, 0) is 57.7 Å². The van der Waals surface area contributed by atoms with Gasteiger partial charge in [0.25, 0.3) is 0 Å². The molecule has 0 amide bonds. The van der Waals surface area contributed by atoms with Crippen molar-refractivity contribution in [2.45, 2.75) is 45.7 Å². The van der Waals surface area contributed by atoms with Crippen molar-refractivity contribution in [3.63, 3.8) is 0 Å². The van der Waals surface area contributed by atoms with Gasteiger partial charge in [-0.1, -0.05) is 6.07 Å². The van der Waals surface area contributed by atoms with Gasteiger partial charge in [0, 0.05) is 9.80 Å². The quantitative estimate of drug-likeness (QED) is 0.598. The summed E-state index contributed by atoms with van der Waals surface area (Å²) in [6, 6.07) is 4.73. The van der Waals surface area contributed by atoms with Crippen LogP contribution in [0.25, 0.3) is 0 Å². The highest BCUT2D eigenvalue weighted by Gasteiger charge is 2.51. The Kier molecular flexibility index (Phi) is 1.99. The number of aryl methyl sites for hydroxylation is 1. The fourth-order valence-electron chi connectivity index (χ4n) is 1.79. The van der Waals surface area contributed by atoms with Crippen LogP contribution in [-0.4, -0.2) is 18.3 Å². The van der Waals surface area contributed by atoms with E-state index in [1.165, 1.54) is 6.07 Å². The first-order chi connectivity index (χ1) is 8.92. The molecule has 0 radical (unpaired) electrons. The van der Waals surface area contributed by atoms with Crippen molar-refractivity contribution in [1.82, 2.24) is 0 Å². The number of nitrogen functional groups attached to an aromatic ring is 1. The molecule has 1 aliphatic heterocycles. The van der Waals surface area contributed by atoms with E-state index in [0.717, 1.165) is 0 Å². The zero-order valence-corrected chi connectivity index (χ0v) is 10.7. The Balaban J connectivity index is 2.38. The van der Waals surface area contributed by atoms with E-state index in [1.54, 1.807) is 12.1 Å². The second-order valence-corrected chi connectivity index (χ2v) is 5.48. The van der Waals surface area contributed by atoms with E-state index in [1.807, 2.05) is 27.7 Å². The molecule has 0 unspecified atom stereocenters. The molecule has 0 aliphatic carbocycles. The lowest BCUT2D eigenvalue weighted by Crippen LogP contribution is -2.41. The lowest BCUT2D eigenvalue weighted by molar-refractivity contribution is 0.00578. The molecular weight excluding hydrogens is 213 g/mol. The van der Waals surface area contributed by atoms with Crippen molar-refractivity contribution < 1.29 is 13.4 Å². The molecule has 1 saturated heterocycles. The topological polar surface area (TPSA) is 44.5 Å². The molecule has 0 spiro atoms. The van der Waals surface area contributed by atoms with Crippen molar-refractivity contribution >= 4 is 18.3 Å². The van der Waals surface area contributed by atoms with Crippen molar-refractivity contribution in [3.05, 3.63) is 23.8 Å². The molecule has 0 bridgehead atoms. The minimum absolute atomic E-state index is 0.196. The highest BCUT2D eigenvalue weighted by molar-refractivity contribution is 6.62. The number of benzene rings is 1. The summed E-state index contributed by atoms with van der Waals surface area (Å²) in [5, 5.41) is 0. The molecule has 0 saturated carbocycles. The summed E-state index contributed by atoms with van der Waals surface area (Å²) >= 11 is 0. The van der Waals surface area contributed by atoms with Gasteiger partial charge in [-0.25, -0.2) is 0 Å². The highest BCUT2D eigenvalue weighted by atomic mass is 16.7. The molecule has 3 nitrogen and oxygen atoms in total. The Hall–Kier alpha value is -0.995. The number of anilines is 1. The molecule has 17 heavy (non-hydrogen) atoms. The van der Waals surface area contributed by atoms with Crippen LogP contribution in [0.4, 0.5) is 5.69 Å². The predicted octanol–water partition coefficient (Wildman–Crippen LogP) is 1.88. The third-order valence-corrected chi connectivity index (χ3v) is 3.50. The summed E-state index contributed by atoms with van der Waals surface area (Å²) in [7, 11) is -0.607. The molecule has 92 valence electrons. The lowest BCUT2D eigenvalue weighted by Gasteiger charge is -2.32. The smallest absolute Gasteiger partial charge is 0.399 e. The van der Waals surface area contributed by atoms with Crippen molar-refractivity contribution in [1.29, 1.82) is 0 Å². The zero-order chi connectivity index (χ0) is 15.3. The molecule has 0 aromatic heterocycles. The van der Waals surface area contributed by atoms with E-state index < -0.39 is 25.2 Å². The fourth-order valence-corrected chi connectivity index (χ4v) is 1.79. The Morgan fingerprint density at radius 2 is 1.71 bits per heavy atom. The minimum Gasteiger partial charge on any atom is -0.399 e. The largest absolute Gasteiger partial charge is 0.494 e. The number of nitrogens with two attached hydrogens (primary N) is 1. The van der Waals surface area contributed by atoms with Crippen LogP contribution < -0.4 is 11.2 Å². The standard InChI is InChI=1S/C13H20BNO2/c1-9-6-10(8-11(15)7-9)14-16-12(2,3)13(4,5)17-14/h6-8H,15H2,1-5H3/i1D3. The maximum Gasteiger partial charge on any atom is 0.494 e. The lowest BCUT2D eigenvalue weighted by atomic mass is 9.78. The van der Waals surface area contributed by atoms with Crippen LogP contribution in [-0.2, 0) is 9.31 Å². The SMILES string of the molecule is [2H]C([2H])([2H])c1cc(N)cc(B2OC(C)(C)C(C)(C)O2)c1. The molecule has 2 N–H and O–H groups in total. The van der Waals surface area contributed by atoms with Gasteiger partial charge >= 0.3 is 7.12 Å². The van der Waals surface area contributed by atoms with E-state index in [2.05, 4.69) is 0 Å². The minimum atomic E-state index is -2.20. The summed E-state index contributed by atoms with van der Waals surface area (Å²) in [5.41, 5.74) is 6.08. The van der Waals surface area contributed by atoms with Crippen LogP contribution in [0.1, 0.15) is 37.4 Å². The third kappa shape index (κ3) is 2.19. The average molecular weight is 236 g/mol. The van der Waals surface area contributed by atoms with E-state index >= 15 is 0 Å². The zero-order valence-electron chi connectivity index (χ0n) is 13.7. The van der Waals surface area contributed by atoms with Crippen LogP contribution in [0.3, 0.4) is 0 Å². The third-order valence-electron chi connectivity index (χ3n) is 3.50. The van der Waals surface area contributed by atoms with Gasteiger partial charge < -0.3 is 15.0 Å². The normalized spacial score (nSPS) is 25.2. The summed E-state index contributed by atoms with van der Waals surface area (Å²) in [4.78, 5) is 0. The predicted molar refractivity (Wildman–Crippen MR) is 71.3 cm³/mol. The van der Waals surface area contributed by atoms with Crippen molar-refractivity contribution in [3.8, 4) is 0 Å². The number of hydrogen-bond donors (Lipinski definition) is 1. The molecule has 2 rings (SSSR count). The molecule has 1 heterocycles. The molecular formula is C13H20BNO2. The Labute approximate surface area is 108 Å². The molecule has 1 aromatic carbocycles. The second-order valence-electron chi connectivity index (χ2n) is 5.48. The maximum absolute atomic E-state index is 7.49. The monoisotopic (exact) mass is 236 g/mol. The first-order valence-electron chi connectivity index (χ1n) is 7.19.